The highest BCUT2D eigenvalue weighted by Gasteiger charge is 2.26. The van der Waals surface area contributed by atoms with Gasteiger partial charge < -0.3 is 15.1 Å². The fourth-order valence-electron chi connectivity index (χ4n) is 2.92. The highest BCUT2D eigenvalue weighted by atomic mass is 16.4. The maximum atomic E-state index is 12.3. The summed E-state index contributed by atoms with van der Waals surface area (Å²) < 4.78 is 3.28. The fourth-order valence-corrected chi connectivity index (χ4v) is 2.92. The van der Waals surface area contributed by atoms with E-state index < -0.39 is 5.97 Å². The Bertz CT molecular complexity index is 1070. The maximum Gasteiger partial charge on any atom is 0.335 e. The van der Waals surface area contributed by atoms with Gasteiger partial charge in [0.25, 0.3) is 12.4 Å². The van der Waals surface area contributed by atoms with Crippen LogP contribution in [0.5, 0.6) is 0 Å². The van der Waals surface area contributed by atoms with E-state index in [0.29, 0.717) is 41.8 Å². The van der Waals surface area contributed by atoms with Gasteiger partial charge in [-0.25, -0.2) is 14.5 Å². The summed E-state index contributed by atoms with van der Waals surface area (Å²) in [4.78, 5) is 37.8. The van der Waals surface area contributed by atoms with Gasteiger partial charge in [0.1, 0.15) is 17.2 Å². The van der Waals surface area contributed by atoms with Crippen LogP contribution in [0.25, 0.3) is 17.2 Å². The van der Waals surface area contributed by atoms with Crippen molar-refractivity contribution in [1.82, 2.24) is 29.4 Å². The molecule has 0 fully saturated rings. The minimum absolute atomic E-state index is 0.0800. The Balaban J connectivity index is 0.000000755. The standard InChI is InChI=1S/C17H16N6O3.CH2O2/c1-10-18-15(13-9-14-16(24)21(2)7-8-22(14)20-13)23(19-10)12-5-3-11(4-6-12)17(25)26;2-1-3/h3-6,9H,7-8H2,1-2H3,(H,25,26);1H,(H,2,3). The van der Waals surface area contributed by atoms with Crippen molar-refractivity contribution in [2.45, 2.75) is 13.5 Å². The first-order chi connectivity index (χ1) is 13.8. The van der Waals surface area contributed by atoms with Crippen molar-refractivity contribution in [3.8, 4) is 17.2 Å². The Hall–Kier alpha value is -4.02. The van der Waals surface area contributed by atoms with E-state index in [9.17, 15) is 9.59 Å². The molecule has 150 valence electrons. The lowest BCUT2D eigenvalue weighted by Gasteiger charge is -2.22. The van der Waals surface area contributed by atoms with Gasteiger partial charge in [0.15, 0.2) is 5.82 Å². The van der Waals surface area contributed by atoms with Crippen LogP contribution in [0, 0.1) is 6.92 Å². The molecule has 0 bridgehead atoms. The molecule has 0 atom stereocenters. The summed E-state index contributed by atoms with van der Waals surface area (Å²) in [6.07, 6.45) is 0. The van der Waals surface area contributed by atoms with E-state index >= 15 is 0 Å². The number of nitrogens with zero attached hydrogens (tertiary/aromatic N) is 6. The summed E-state index contributed by atoms with van der Waals surface area (Å²) in [5, 5.41) is 24.8. The van der Waals surface area contributed by atoms with E-state index in [1.165, 1.54) is 12.1 Å². The first-order valence-corrected chi connectivity index (χ1v) is 8.54. The predicted octanol–water partition coefficient (Wildman–Crippen LogP) is 0.924. The lowest BCUT2D eigenvalue weighted by atomic mass is 10.2. The third-order valence-corrected chi connectivity index (χ3v) is 4.29. The Morgan fingerprint density at radius 1 is 1.17 bits per heavy atom. The zero-order chi connectivity index (χ0) is 21.1. The Morgan fingerprint density at radius 2 is 1.83 bits per heavy atom. The number of benzene rings is 1. The number of aryl methyl sites for hydroxylation is 1. The van der Waals surface area contributed by atoms with Crippen LogP contribution in [-0.2, 0) is 11.3 Å². The Morgan fingerprint density at radius 3 is 2.45 bits per heavy atom. The van der Waals surface area contributed by atoms with Gasteiger partial charge in [0, 0.05) is 19.7 Å². The molecular weight excluding hydrogens is 380 g/mol. The topological polar surface area (TPSA) is 143 Å². The summed E-state index contributed by atoms with van der Waals surface area (Å²) in [7, 11) is 1.76. The number of amides is 1. The van der Waals surface area contributed by atoms with E-state index in [4.69, 9.17) is 15.0 Å². The number of aromatic carboxylic acids is 1. The molecule has 0 unspecified atom stereocenters. The highest BCUT2D eigenvalue weighted by molar-refractivity contribution is 5.94. The second-order valence-electron chi connectivity index (χ2n) is 6.22. The minimum Gasteiger partial charge on any atom is -0.483 e. The fraction of sp³-hybridized carbons (Fsp3) is 0.222. The van der Waals surface area contributed by atoms with Crippen LogP contribution in [0.4, 0.5) is 0 Å². The number of carboxylic acids is 1. The van der Waals surface area contributed by atoms with Gasteiger partial charge in [-0.2, -0.15) is 10.2 Å². The zero-order valence-electron chi connectivity index (χ0n) is 15.7. The lowest BCUT2D eigenvalue weighted by Crippen LogP contribution is -2.37. The molecule has 1 aliphatic rings. The van der Waals surface area contributed by atoms with Crippen molar-refractivity contribution in [2.24, 2.45) is 0 Å². The molecule has 11 nitrogen and oxygen atoms in total. The number of aromatic nitrogens is 5. The minimum atomic E-state index is -0.990. The predicted molar refractivity (Wildman–Crippen MR) is 99.9 cm³/mol. The van der Waals surface area contributed by atoms with E-state index in [1.54, 1.807) is 46.4 Å². The summed E-state index contributed by atoms with van der Waals surface area (Å²) in [5.74, 6) is -0.0146. The van der Waals surface area contributed by atoms with Gasteiger partial charge in [-0.15, -0.1) is 0 Å². The molecule has 1 amide bonds. The van der Waals surface area contributed by atoms with Gasteiger partial charge in [-0.3, -0.25) is 14.3 Å². The van der Waals surface area contributed by atoms with E-state index in [1.807, 2.05) is 0 Å². The van der Waals surface area contributed by atoms with E-state index in [-0.39, 0.29) is 17.9 Å². The van der Waals surface area contributed by atoms with Crippen molar-refractivity contribution >= 4 is 18.3 Å². The van der Waals surface area contributed by atoms with Gasteiger partial charge in [0.05, 0.1) is 17.8 Å². The summed E-state index contributed by atoms with van der Waals surface area (Å²) in [5.41, 5.74) is 1.92. The molecule has 0 aliphatic carbocycles. The number of hydrogen-bond donors (Lipinski definition) is 2. The van der Waals surface area contributed by atoms with Crippen LogP contribution in [0.1, 0.15) is 26.7 Å². The summed E-state index contributed by atoms with van der Waals surface area (Å²) in [6, 6.07) is 8.06. The molecule has 0 spiro atoms. The number of carboxylic acid groups (broad SMARTS) is 2. The van der Waals surface area contributed by atoms with Crippen LogP contribution in [0.2, 0.25) is 0 Å². The second-order valence-corrected chi connectivity index (χ2v) is 6.22. The molecule has 1 aromatic carbocycles. The molecular formula is C18H18N6O5. The van der Waals surface area contributed by atoms with E-state index in [2.05, 4.69) is 15.2 Å². The quantitative estimate of drug-likeness (QED) is 0.620. The smallest absolute Gasteiger partial charge is 0.335 e. The SMILES string of the molecule is Cc1nc(-c2cc3n(n2)CCN(C)C3=O)n(-c2ccc(C(=O)O)cc2)n1.O=CO. The number of hydrogen-bond acceptors (Lipinski definition) is 6. The van der Waals surface area contributed by atoms with Gasteiger partial charge in [-0.1, -0.05) is 0 Å². The van der Waals surface area contributed by atoms with Crippen molar-refractivity contribution in [1.29, 1.82) is 0 Å². The Labute approximate surface area is 164 Å². The van der Waals surface area contributed by atoms with Crippen molar-refractivity contribution in [3.63, 3.8) is 0 Å². The highest BCUT2D eigenvalue weighted by Crippen LogP contribution is 2.23. The molecule has 0 saturated heterocycles. The Kier molecular flexibility index (Phi) is 5.39. The molecule has 2 aromatic heterocycles. The average molecular weight is 398 g/mol. The van der Waals surface area contributed by atoms with Crippen LogP contribution in [0.3, 0.4) is 0 Å². The monoisotopic (exact) mass is 398 g/mol. The third-order valence-electron chi connectivity index (χ3n) is 4.29. The molecule has 11 heteroatoms. The van der Waals surface area contributed by atoms with Crippen molar-refractivity contribution < 1.29 is 24.6 Å². The zero-order valence-corrected chi connectivity index (χ0v) is 15.7. The molecule has 2 N–H and O–H groups in total. The number of carbonyl (C=O) groups is 3. The molecule has 0 saturated carbocycles. The first kappa shape index (κ1) is 19.7. The summed E-state index contributed by atoms with van der Waals surface area (Å²) in [6.45, 7) is 2.74. The molecule has 3 heterocycles. The second kappa shape index (κ2) is 7.92. The van der Waals surface area contributed by atoms with Crippen molar-refractivity contribution in [3.05, 3.63) is 47.4 Å². The van der Waals surface area contributed by atoms with Gasteiger partial charge in [0.2, 0.25) is 0 Å². The normalized spacial score (nSPS) is 12.8. The molecule has 3 aromatic rings. The lowest BCUT2D eigenvalue weighted by molar-refractivity contribution is -0.122. The van der Waals surface area contributed by atoms with Crippen LogP contribution < -0.4 is 0 Å². The number of rotatable bonds is 3. The first-order valence-electron chi connectivity index (χ1n) is 8.54. The van der Waals surface area contributed by atoms with Crippen LogP contribution in [-0.4, -0.2) is 71.6 Å². The van der Waals surface area contributed by atoms with Gasteiger partial charge >= 0.3 is 5.97 Å². The molecule has 4 rings (SSSR count). The number of fused-ring (bicyclic) bond motifs is 1. The maximum absolute atomic E-state index is 12.3. The number of carbonyl (C=O) groups excluding carboxylic acids is 1. The van der Waals surface area contributed by atoms with E-state index in [0.717, 1.165) is 0 Å². The third kappa shape index (κ3) is 3.83. The molecule has 0 radical (unpaired) electrons. The molecule has 29 heavy (non-hydrogen) atoms. The van der Waals surface area contributed by atoms with Gasteiger partial charge in [-0.05, 0) is 31.2 Å². The van der Waals surface area contributed by atoms with Crippen LogP contribution in [0.15, 0.2) is 30.3 Å². The van der Waals surface area contributed by atoms with Crippen LogP contribution >= 0.6 is 0 Å². The number of likely N-dealkylation sites (N-methyl/N-ethyl adjacent to an activating group) is 1. The largest absolute Gasteiger partial charge is 0.483 e. The summed E-state index contributed by atoms with van der Waals surface area (Å²) >= 11 is 0. The van der Waals surface area contributed by atoms with Crippen molar-refractivity contribution in [2.75, 3.05) is 13.6 Å². The molecule has 1 aliphatic heterocycles. The average Bonchev–Trinajstić information content (AvgIpc) is 3.29.